The van der Waals surface area contributed by atoms with Gasteiger partial charge in [0.1, 0.15) is 5.25 Å². The van der Waals surface area contributed by atoms with Crippen LogP contribution in [0.15, 0.2) is 59.8 Å². The summed E-state index contributed by atoms with van der Waals surface area (Å²) in [6.07, 6.45) is 0. The summed E-state index contributed by atoms with van der Waals surface area (Å²) >= 11 is 1.35. The molecule has 25 heavy (non-hydrogen) atoms. The van der Waals surface area contributed by atoms with Crippen molar-refractivity contribution in [1.82, 2.24) is 25.1 Å². The lowest BCUT2D eigenvalue weighted by atomic mass is 10.1. The summed E-state index contributed by atoms with van der Waals surface area (Å²) in [5.74, 6) is -0.00414. The van der Waals surface area contributed by atoms with Crippen molar-refractivity contribution in [3.8, 4) is 5.69 Å². The van der Waals surface area contributed by atoms with Gasteiger partial charge in [0, 0.05) is 14.1 Å². The molecule has 1 aromatic heterocycles. The number of benzene rings is 2. The van der Waals surface area contributed by atoms with E-state index in [-0.39, 0.29) is 5.91 Å². The van der Waals surface area contributed by atoms with Crippen molar-refractivity contribution in [1.29, 1.82) is 0 Å². The normalized spacial score (nSPS) is 12.0. The van der Waals surface area contributed by atoms with E-state index in [1.807, 2.05) is 61.5 Å². The first-order valence-corrected chi connectivity index (χ1v) is 8.73. The van der Waals surface area contributed by atoms with E-state index in [1.54, 1.807) is 23.7 Å². The number of carbonyl (C=O) groups is 1. The van der Waals surface area contributed by atoms with Crippen molar-refractivity contribution in [3.05, 3.63) is 65.7 Å². The van der Waals surface area contributed by atoms with E-state index in [2.05, 4.69) is 15.5 Å². The molecule has 2 aromatic carbocycles. The van der Waals surface area contributed by atoms with Crippen molar-refractivity contribution in [2.45, 2.75) is 17.3 Å². The molecule has 0 radical (unpaired) electrons. The molecule has 6 nitrogen and oxygen atoms in total. The molecule has 0 spiro atoms. The number of rotatable bonds is 5. The van der Waals surface area contributed by atoms with Crippen LogP contribution in [0.1, 0.15) is 16.4 Å². The topological polar surface area (TPSA) is 63.9 Å². The highest BCUT2D eigenvalue weighted by Crippen LogP contribution is 2.36. The summed E-state index contributed by atoms with van der Waals surface area (Å²) < 4.78 is 1.68. The number of amides is 1. The highest BCUT2D eigenvalue weighted by Gasteiger charge is 2.26. The number of hydrogen-bond donors (Lipinski definition) is 0. The average molecular weight is 353 g/mol. The van der Waals surface area contributed by atoms with Crippen molar-refractivity contribution in [2.24, 2.45) is 0 Å². The predicted octanol–water partition coefficient (Wildman–Crippen LogP) is 2.89. The number of aromatic nitrogens is 4. The summed E-state index contributed by atoms with van der Waals surface area (Å²) in [7, 11) is 3.51. The Kier molecular flexibility index (Phi) is 5.14. The van der Waals surface area contributed by atoms with Gasteiger partial charge in [-0.05, 0) is 34.5 Å². The summed E-state index contributed by atoms with van der Waals surface area (Å²) in [6.45, 7) is 2.01. The lowest BCUT2D eigenvalue weighted by molar-refractivity contribution is -0.128. The summed E-state index contributed by atoms with van der Waals surface area (Å²) in [5, 5.41) is 12.2. The minimum absolute atomic E-state index is 0.00414. The fourth-order valence-electron chi connectivity index (χ4n) is 2.43. The second-order valence-electron chi connectivity index (χ2n) is 5.80. The summed E-state index contributed by atoms with van der Waals surface area (Å²) in [6, 6.07) is 17.6. The number of nitrogens with zero attached hydrogens (tertiary/aromatic N) is 5. The molecule has 0 N–H and O–H groups in total. The Balaban J connectivity index is 1.98. The van der Waals surface area contributed by atoms with Crippen LogP contribution in [0, 0.1) is 6.92 Å². The number of carbonyl (C=O) groups excluding carboxylic acids is 1. The molecule has 0 saturated heterocycles. The Bertz CT molecular complexity index is 863. The molecule has 0 aliphatic carbocycles. The van der Waals surface area contributed by atoms with Crippen LogP contribution in [0.4, 0.5) is 0 Å². The van der Waals surface area contributed by atoms with Gasteiger partial charge in [-0.15, -0.1) is 5.10 Å². The van der Waals surface area contributed by atoms with Crippen LogP contribution in [0.25, 0.3) is 5.69 Å². The number of para-hydroxylation sites is 1. The standard InChI is InChI=1S/C18H19N5OS/c1-13-9-7-8-12-15(13)23-18(19-20-21-23)25-16(17(24)22(2)3)14-10-5-4-6-11-14/h4-12,16H,1-3H3/t16-/m1/s1. The van der Waals surface area contributed by atoms with Gasteiger partial charge in [-0.25, -0.2) is 0 Å². The fraction of sp³-hybridized carbons (Fsp3) is 0.222. The van der Waals surface area contributed by atoms with E-state index in [4.69, 9.17) is 0 Å². The van der Waals surface area contributed by atoms with Gasteiger partial charge in [-0.2, -0.15) is 4.68 Å². The van der Waals surface area contributed by atoms with Crippen molar-refractivity contribution in [3.63, 3.8) is 0 Å². The van der Waals surface area contributed by atoms with E-state index < -0.39 is 5.25 Å². The van der Waals surface area contributed by atoms with Crippen LogP contribution in [-0.4, -0.2) is 45.1 Å². The number of thioether (sulfide) groups is 1. The highest BCUT2D eigenvalue weighted by atomic mass is 32.2. The highest BCUT2D eigenvalue weighted by molar-refractivity contribution is 8.00. The third-order valence-electron chi connectivity index (χ3n) is 3.78. The van der Waals surface area contributed by atoms with E-state index in [1.165, 1.54) is 11.8 Å². The van der Waals surface area contributed by atoms with Gasteiger partial charge in [-0.1, -0.05) is 60.3 Å². The molecule has 7 heteroatoms. The number of aryl methyl sites for hydroxylation is 1. The quantitative estimate of drug-likeness (QED) is 0.660. The van der Waals surface area contributed by atoms with Crippen molar-refractivity contribution >= 4 is 17.7 Å². The number of hydrogen-bond acceptors (Lipinski definition) is 5. The molecule has 1 heterocycles. The smallest absolute Gasteiger partial charge is 0.240 e. The lowest BCUT2D eigenvalue weighted by Gasteiger charge is -2.20. The summed E-state index contributed by atoms with van der Waals surface area (Å²) in [4.78, 5) is 14.3. The van der Waals surface area contributed by atoms with Crippen molar-refractivity contribution < 1.29 is 4.79 Å². The molecule has 0 fully saturated rings. The first-order chi connectivity index (χ1) is 12.1. The molecule has 128 valence electrons. The van der Waals surface area contributed by atoms with Gasteiger partial charge in [-0.3, -0.25) is 4.79 Å². The van der Waals surface area contributed by atoms with Gasteiger partial charge in [0.2, 0.25) is 11.1 Å². The molecule has 3 aromatic rings. The second kappa shape index (κ2) is 7.48. The Morgan fingerprint density at radius 3 is 2.44 bits per heavy atom. The predicted molar refractivity (Wildman–Crippen MR) is 97.6 cm³/mol. The van der Waals surface area contributed by atoms with Crippen molar-refractivity contribution in [2.75, 3.05) is 14.1 Å². The molecule has 1 amide bonds. The van der Waals surface area contributed by atoms with Crippen LogP contribution in [0.3, 0.4) is 0 Å². The first-order valence-electron chi connectivity index (χ1n) is 7.85. The van der Waals surface area contributed by atoms with Crippen LogP contribution in [-0.2, 0) is 4.79 Å². The second-order valence-corrected chi connectivity index (χ2v) is 6.87. The van der Waals surface area contributed by atoms with Crippen LogP contribution in [0.2, 0.25) is 0 Å². The maximum Gasteiger partial charge on any atom is 0.240 e. The van der Waals surface area contributed by atoms with E-state index in [0.29, 0.717) is 5.16 Å². The lowest BCUT2D eigenvalue weighted by Crippen LogP contribution is -2.27. The number of likely N-dealkylation sites (N-methyl/N-ethyl adjacent to an activating group) is 1. The van der Waals surface area contributed by atoms with Gasteiger partial charge >= 0.3 is 0 Å². The van der Waals surface area contributed by atoms with E-state index in [9.17, 15) is 4.79 Å². The minimum Gasteiger partial charge on any atom is -0.348 e. The molecule has 0 bridgehead atoms. The van der Waals surface area contributed by atoms with Gasteiger partial charge in [0.15, 0.2) is 0 Å². The minimum atomic E-state index is -0.412. The van der Waals surface area contributed by atoms with Crippen LogP contribution in [0.5, 0.6) is 0 Å². The molecular formula is C18H19N5OS. The fourth-order valence-corrected chi connectivity index (χ4v) is 3.57. The Hall–Kier alpha value is -2.67. The molecular weight excluding hydrogens is 334 g/mol. The third kappa shape index (κ3) is 3.71. The van der Waals surface area contributed by atoms with Crippen LogP contribution >= 0.6 is 11.8 Å². The summed E-state index contributed by atoms with van der Waals surface area (Å²) in [5.41, 5.74) is 2.89. The van der Waals surface area contributed by atoms with Gasteiger partial charge in [0.25, 0.3) is 0 Å². The van der Waals surface area contributed by atoms with E-state index in [0.717, 1.165) is 16.8 Å². The molecule has 0 saturated carbocycles. The first kappa shape index (κ1) is 17.2. The Morgan fingerprint density at radius 1 is 1.08 bits per heavy atom. The maximum absolute atomic E-state index is 12.7. The molecule has 0 unspecified atom stereocenters. The van der Waals surface area contributed by atoms with Gasteiger partial charge in [0.05, 0.1) is 5.69 Å². The Morgan fingerprint density at radius 2 is 1.76 bits per heavy atom. The zero-order chi connectivity index (χ0) is 17.8. The SMILES string of the molecule is Cc1ccccc1-n1nnnc1S[C@@H](C(=O)N(C)C)c1ccccc1. The monoisotopic (exact) mass is 353 g/mol. The largest absolute Gasteiger partial charge is 0.348 e. The zero-order valence-electron chi connectivity index (χ0n) is 14.3. The maximum atomic E-state index is 12.7. The van der Waals surface area contributed by atoms with Crippen LogP contribution < -0.4 is 0 Å². The molecule has 0 aliphatic rings. The zero-order valence-corrected chi connectivity index (χ0v) is 15.1. The molecule has 0 aliphatic heterocycles. The number of tetrazole rings is 1. The van der Waals surface area contributed by atoms with Gasteiger partial charge < -0.3 is 4.90 Å². The molecule has 1 atom stereocenters. The van der Waals surface area contributed by atoms with E-state index >= 15 is 0 Å². The molecule has 3 rings (SSSR count). The average Bonchev–Trinajstić information content (AvgIpc) is 3.08. The Labute approximate surface area is 150 Å². The third-order valence-corrected chi connectivity index (χ3v) is 4.95.